The second-order valence-corrected chi connectivity index (χ2v) is 6.63. The van der Waals surface area contributed by atoms with E-state index in [1.54, 1.807) is 12.1 Å². The van der Waals surface area contributed by atoms with Crippen LogP contribution in [0, 0.1) is 0 Å². The highest BCUT2D eigenvalue weighted by molar-refractivity contribution is 7.92. The highest BCUT2D eigenvalue weighted by atomic mass is 35.5. The van der Waals surface area contributed by atoms with Crippen molar-refractivity contribution in [3.63, 3.8) is 0 Å². The Bertz CT molecular complexity index is 818. The predicted octanol–water partition coefficient (Wildman–Crippen LogP) is 3.35. The van der Waals surface area contributed by atoms with Gasteiger partial charge in [-0.2, -0.15) is 0 Å². The van der Waals surface area contributed by atoms with Gasteiger partial charge in [0.1, 0.15) is 5.75 Å². The minimum absolute atomic E-state index is 0.00661. The van der Waals surface area contributed by atoms with Crippen molar-refractivity contribution in [2.45, 2.75) is 11.8 Å². The molecule has 0 aliphatic carbocycles. The summed E-state index contributed by atoms with van der Waals surface area (Å²) in [5, 5.41) is 0.292. The van der Waals surface area contributed by atoms with Gasteiger partial charge in [0.25, 0.3) is 10.0 Å². The molecule has 0 unspecified atom stereocenters. The van der Waals surface area contributed by atoms with Gasteiger partial charge in [0.2, 0.25) is 0 Å². The lowest BCUT2D eigenvalue weighted by Gasteiger charge is -2.10. The molecule has 0 aliphatic rings. The third kappa shape index (κ3) is 3.58. The molecule has 0 saturated heterocycles. The van der Waals surface area contributed by atoms with Crippen LogP contribution in [0.2, 0.25) is 5.02 Å². The summed E-state index contributed by atoms with van der Waals surface area (Å²) in [6, 6.07) is 10.4. The lowest BCUT2D eigenvalue weighted by molar-refractivity contribution is 0.101. The van der Waals surface area contributed by atoms with E-state index in [1.807, 2.05) is 0 Å². The Hall–Kier alpha value is -2.05. The smallest absolute Gasteiger partial charge is 0.261 e. The molecule has 116 valence electrons. The van der Waals surface area contributed by atoms with E-state index < -0.39 is 10.0 Å². The number of hydrogen-bond acceptors (Lipinski definition) is 4. The van der Waals surface area contributed by atoms with Crippen molar-refractivity contribution in [1.82, 2.24) is 0 Å². The molecule has 0 fully saturated rings. The molecule has 2 aromatic carbocycles. The zero-order valence-electron chi connectivity index (χ0n) is 12.0. The number of carbonyl (C=O) groups excluding carboxylic acids is 1. The molecule has 0 aliphatic heterocycles. The zero-order valence-corrected chi connectivity index (χ0v) is 13.5. The van der Waals surface area contributed by atoms with Crippen LogP contribution in [0.25, 0.3) is 0 Å². The quantitative estimate of drug-likeness (QED) is 0.848. The van der Waals surface area contributed by atoms with Crippen LogP contribution < -0.4 is 9.46 Å². The van der Waals surface area contributed by atoms with Gasteiger partial charge >= 0.3 is 0 Å². The average molecular weight is 340 g/mol. The van der Waals surface area contributed by atoms with Gasteiger partial charge in [-0.25, -0.2) is 8.42 Å². The topological polar surface area (TPSA) is 72.5 Å². The second-order valence-electron chi connectivity index (χ2n) is 4.54. The van der Waals surface area contributed by atoms with E-state index in [0.717, 1.165) is 0 Å². The number of hydrogen-bond donors (Lipinski definition) is 1. The molecular weight excluding hydrogens is 326 g/mol. The minimum Gasteiger partial charge on any atom is -0.495 e. The number of carbonyl (C=O) groups is 1. The summed E-state index contributed by atoms with van der Waals surface area (Å²) in [5.41, 5.74) is 0.634. The molecule has 5 nitrogen and oxygen atoms in total. The number of ether oxygens (including phenoxy) is 1. The Morgan fingerprint density at radius 2 is 1.91 bits per heavy atom. The fraction of sp³-hybridized carbons (Fsp3) is 0.133. The van der Waals surface area contributed by atoms with Crippen molar-refractivity contribution in [3.8, 4) is 5.75 Å². The third-order valence-corrected chi connectivity index (χ3v) is 4.63. The molecule has 2 aromatic rings. The van der Waals surface area contributed by atoms with Crippen LogP contribution in [0.1, 0.15) is 17.3 Å². The molecule has 0 heterocycles. The van der Waals surface area contributed by atoms with Crippen LogP contribution >= 0.6 is 11.6 Å². The molecule has 0 bridgehead atoms. The minimum atomic E-state index is -3.81. The van der Waals surface area contributed by atoms with Gasteiger partial charge in [-0.05, 0) is 37.3 Å². The van der Waals surface area contributed by atoms with Crippen LogP contribution in [0.15, 0.2) is 47.4 Å². The molecule has 0 amide bonds. The van der Waals surface area contributed by atoms with Crippen molar-refractivity contribution in [2.24, 2.45) is 0 Å². The maximum atomic E-state index is 12.3. The second kappa shape index (κ2) is 6.37. The molecule has 0 radical (unpaired) electrons. The summed E-state index contributed by atoms with van der Waals surface area (Å²) >= 11 is 5.97. The van der Waals surface area contributed by atoms with E-state index in [9.17, 15) is 13.2 Å². The Balaban J connectivity index is 2.33. The summed E-state index contributed by atoms with van der Waals surface area (Å²) in [5.74, 6) is 0.243. The lowest BCUT2D eigenvalue weighted by atomic mass is 10.2. The monoisotopic (exact) mass is 339 g/mol. The molecule has 0 saturated carbocycles. The van der Waals surface area contributed by atoms with Gasteiger partial charge in [0.05, 0.1) is 22.7 Å². The van der Waals surface area contributed by atoms with Gasteiger partial charge in [0.15, 0.2) is 5.78 Å². The predicted molar refractivity (Wildman–Crippen MR) is 85.3 cm³/mol. The Labute approximate surface area is 133 Å². The fourth-order valence-corrected chi connectivity index (χ4v) is 3.18. The first-order chi connectivity index (χ1) is 10.3. The van der Waals surface area contributed by atoms with E-state index in [-0.39, 0.29) is 10.7 Å². The largest absolute Gasteiger partial charge is 0.495 e. The molecule has 2 rings (SSSR count). The maximum absolute atomic E-state index is 12.3. The summed E-state index contributed by atoms with van der Waals surface area (Å²) in [6.45, 7) is 1.38. The first-order valence-electron chi connectivity index (χ1n) is 6.31. The summed E-state index contributed by atoms with van der Waals surface area (Å²) < 4.78 is 32.1. The number of methoxy groups -OCH3 is 1. The number of nitrogens with one attached hydrogen (secondary N) is 1. The van der Waals surface area contributed by atoms with Gasteiger partial charge in [-0.1, -0.05) is 23.7 Å². The number of sulfonamides is 1. The van der Waals surface area contributed by atoms with Gasteiger partial charge in [-0.3, -0.25) is 9.52 Å². The third-order valence-electron chi connectivity index (χ3n) is 2.95. The van der Waals surface area contributed by atoms with E-state index in [4.69, 9.17) is 16.3 Å². The van der Waals surface area contributed by atoms with Crippen molar-refractivity contribution in [3.05, 3.63) is 53.1 Å². The number of rotatable bonds is 5. The normalized spacial score (nSPS) is 11.0. The van der Waals surface area contributed by atoms with Crippen LogP contribution in [0.5, 0.6) is 5.75 Å². The lowest BCUT2D eigenvalue weighted by Crippen LogP contribution is -2.13. The molecule has 7 heteroatoms. The maximum Gasteiger partial charge on any atom is 0.261 e. The Morgan fingerprint density at radius 1 is 1.18 bits per heavy atom. The van der Waals surface area contributed by atoms with Crippen molar-refractivity contribution < 1.29 is 17.9 Å². The SMILES string of the molecule is COc1ccc(NS(=O)(=O)c2cccc(C(C)=O)c2)cc1Cl. The van der Waals surface area contributed by atoms with Gasteiger partial charge < -0.3 is 4.74 Å². The van der Waals surface area contributed by atoms with Gasteiger partial charge in [-0.15, -0.1) is 0 Å². The average Bonchev–Trinajstić information content (AvgIpc) is 2.47. The number of ketones is 1. The van der Waals surface area contributed by atoms with Crippen LogP contribution in [0.4, 0.5) is 5.69 Å². The van der Waals surface area contributed by atoms with E-state index >= 15 is 0 Å². The van der Waals surface area contributed by atoms with Crippen molar-refractivity contribution >= 4 is 33.1 Å². The first kappa shape index (κ1) is 16.3. The van der Waals surface area contributed by atoms with E-state index in [0.29, 0.717) is 22.0 Å². The van der Waals surface area contributed by atoms with Gasteiger partial charge in [0, 0.05) is 5.56 Å². The summed E-state index contributed by atoms with van der Waals surface area (Å²) in [4.78, 5) is 11.4. The number of anilines is 1. The molecule has 0 spiro atoms. The fourth-order valence-electron chi connectivity index (χ4n) is 1.83. The molecule has 22 heavy (non-hydrogen) atoms. The Morgan fingerprint density at radius 3 is 2.50 bits per heavy atom. The van der Waals surface area contributed by atoms with Crippen molar-refractivity contribution in [2.75, 3.05) is 11.8 Å². The highest BCUT2D eigenvalue weighted by Gasteiger charge is 2.16. The number of halogens is 1. The van der Waals surface area contributed by atoms with E-state index in [2.05, 4.69) is 4.72 Å². The van der Waals surface area contributed by atoms with Crippen LogP contribution in [-0.2, 0) is 10.0 Å². The summed E-state index contributed by atoms with van der Waals surface area (Å²) in [7, 11) is -2.34. The molecule has 0 atom stereocenters. The number of benzene rings is 2. The Kier molecular flexibility index (Phi) is 4.73. The van der Waals surface area contributed by atoms with Crippen LogP contribution in [-0.4, -0.2) is 21.3 Å². The molecule has 1 N–H and O–H groups in total. The highest BCUT2D eigenvalue weighted by Crippen LogP contribution is 2.28. The zero-order chi connectivity index (χ0) is 16.3. The standard InChI is InChI=1S/C15H14ClNO4S/c1-10(18)11-4-3-5-13(8-11)22(19,20)17-12-6-7-15(21-2)14(16)9-12/h3-9,17H,1-2H3. The first-order valence-corrected chi connectivity index (χ1v) is 8.17. The summed E-state index contributed by atoms with van der Waals surface area (Å²) in [6.07, 6.45) is 0. The van der Waals surface area contributed by atoms with Crippen LogP contribution in [0.3, 0.4) is 0 Å². The molecule has 0 aromatic heterocycles. The molecular formula is C15H14ClNO4S. The van der Waals surface area contributed by atoms with E-state index in [1.165, 1.54) is 44.4 Å². The van der Waals surface area contributed by atoms with Crippen molar-refractivity contribution in [1.29, 1.82) is 0 Å². The number of Topliss-reactive ketones (excluding diaryl/α,β-unsaturated/α-hetero) is 1.